The van der Waals surface area contributed by atoms with Gasteiger partial charge in [0.2, 0.25) is 0 Å². The number of hydrogen-bond acceptors (Lipinski definition) is 5. The SMILES string of the molecule is CCOC(=O)c1cc2c(C)c(NC(=O)c3ccc(OCC4CC4)cc3)ccc2[nH]1.CCn1ccc2c(C)c(N)ccc21. The second-order valence-corrected chi connectivity index (χ2v) is 10.7. The highest BCUT2D eigenvalue weighted by molar-refractivity contribution is 6.06. The molecule has 1 amide bonds. The fourth-order valence-electron chi connectivity index (χ4n) is 4.91. The van der Waals surface area contributed by atoms with E-state index in [0.29, 0.717) is 29.5 Å². The van der Waals surface area contributed by atoms with Crippen LogP contribution in [0.1, 0.15) is 58.7 Å². The molecule has 42 heavy (non-hydrogen) atoms. The Balaban J connectivity index is 0.000000226. The molecule has 8 nitrogen and oxygen atoms in total. The van der Waals surface area contributed by atoms with E-state index in [1.54, 1.807) is 25.1 Å². The van der Waals surface area contributed by atoms with E-state index in [2.05, 4.69) is 47.0 Å². The van der Waals surface area contributed by atoms with Crippen LogP contribution in [-0.4, -0.2) is 34.6 Å². The summed E-state index contributed by atoms with van der Waals surface area (Å²) in [6.07, 6.45) is 4.59. The molecule has 1 saturated carbocycles. The smallest absolute Gasteiger partial charge is 0.354 e. The Bertz CT molecular complexity index is 1730. The summed E-state index contributed by atoms with van der Waals surface area (Å²) in [4.78, 5) is 27.7. The third-order valence-corrected chi connectivity index (χ3v) is 7.72. The summed E-state index contributed by atoms with van der Waals surface area (Å²) in [7, 11) is 0. The molecule has 0 aliphatic heterocycles. The first kappa shape index (κ1) is 28.8. The summed E-state index contributed by atoms with van der Waals surface area (Å²) in [6.45, 7) is 9.96. The number of esters is 1. The van der Waals surface area contributed by atoms with Crippen LogP contribution in [-0.2, 0) is 11.3 Å². The maximum atomic E-state index is 12.7. The van der Waals surface area contributed by atoms with Crippen molar-refractivity contribution in [2.24, 2.45) is 5.92 Å². The minimum atomic E-state index is -0.391. The summed E-state index contributed by atoms with van der Waals surface area (Å²) in [6, 6.07) is 18.8. The zero-order valence-electron chi connectivity index (χ0n) is 24.6. The molecule has 0 atom stereocenters. The molecule has 5 aromatic rings. The van der Waals surface area contributed by atoms with Crippen LogP contribution in [0.3, 0.4) is 0 Å². The number of aryl methyl sites for hydroxylation is 3. The number of aromatic amines is 1. The highest BCUT2D eigenvalue weighted by atomic mass is 16.5. The number of carbonyl (C=O) groups excluding carboxylic acids is 2. The average molecular weight is 567 g/mol. The third-order valence-electron chi connectivity index (χ3n) is 7.72. The predicted molar refractivity (Wildman–Crippen MR) is 168 cm³/mol. The number of benzene rings is 3. The molecule has 3 aromatic carbocycles. The van der Waals surface area contributed by atoms with Crippen LogP contribution < -0.4 is 15.8 Å². The molecule has 0 radical (unpaired) electrons. The summed E-state index contributed by atoms with van der Waals surface area (Å²) >= 11 is 0. The van der Waals surface area contributed by atoms with E-state index in [4.69, 9.17) is 15.2 Å². The van der Waals surface area contributed by atoms with E-state index in [9.17, 15) is 9.59 Å². The number of anilines is 2. The molecule has 2 aromatic heterocycles. The highest BCUT2D eigenvalue weighted by Crippen LogP contribution is 2.30. The molecule has 1 aliphatic rings. The molecule has 0 bridgehead atoms. The van der Waals surface area contributed by atoms with Crippen molar-refractivity contribution in [1.82, 2.24) is 9.55 Å². The van der Waals surface area contributed by atoms with Gasteiger partial charge in [-0.2, -0.15) is 0 Å². The summed E-state index contributed by atoms with van der Waals surface area (Å²) in [5.41, 5.74) is 12.5. The standard InChI is InChI=1S/C23H24N2O4.C11H14N2/c1-3-28-23(27)21-12-18-14(2)19(10-11-20(18)24-21)25-22(26)16-6-8-17(9-7-16)29-13-15-4-5-15;1-3-13-7-6-9-8(2)10(12)4-5-11(9)13/h6-12,15,24H,3-5,13H2,1-2H3,(H,25,26);4-7H,3,12H2,1-2H3. The molecule has 0 spiro atoms. The molecule has 218 valence electrons. The first-order valence-electron chi connectivity index (χ1n) is 14.5. The molecule has 6 rings (SSSR count). The fourth-order valence-corrected chi connectivity index (χ4v) is 4.91. The Labute approximate surface area is 245 Å². The van der Waals surface area contributed by atoms with Gasteiger partial charge in [0.25, 0.3) is 5.91 Å². The Kier molecular flexibility index (Phi) is 8.52. The second kappa shape index (κ2) is 12.4. The van der Waals surface area contributed by atoms with E-state index in [0.717, 1.165) is 41.1 Å². The van der Waals surface area contributed by atoms with Crippen molar-refractivity contribution in [2.45, 2.75) is 47.1 Å². The lowest BCUT2D eigenvalue weighted by atomic mass is 10.1. The van der Waals surface area contributed by atoms with Gasteiger partial charge in [0.05, 0.1) is 13.2 Å². The summed E-state index contributed by atoms with van der Waals surface area (Å²) in [5, 5.41) is 5.09. The van der Waals surface area contributed by atoms with Gasteiger partial charge in [-0.25, -0.2) is 4.79 Å². The van der Waals surface area contributed by atoms with Gasteiger partial charge in [-0.3, -0.25) is 4.79 Å². The number of hydrogen-bond donors (Lipinski definition) is 3. The number of nitrogens with two attached hydrogens (primary N) is 1. The average Bonchev–Trinajstić information content (AvgIpc) is 3.56. The Morgan fingerprint density at radius 3 is 2.43 bits per heavy atom. The van der Waals surface area contributed by atoms with Crippen LogP contribution in [0.5, 0.6) is 5.75 Å². The summed E-state index contributed by atoms with van der Waals surface area (Å²) in [5.74, 6) is 0.888. The van der Waals surface area contributed by atoms with Gasteiger partial charge in [-0.1, -0.05) is 0 Å². The van der Waals surface area contributed by atoms with Crippen molar-refractivity contribution in [3.63, 3.8) is 0 Å². The van der Waals surface area contributed by atoms with Gasteiger partial charge in [0, 0.05) is 51.5 Å². The largest absolute Gasteiger partial charge is 0.493 e. The number of carbonyl (C=O) groups is 2. The summed E-state index contributed by atoms with van der Waals surface area (Å²) < 4.78 is 13.0. The molecule has 1 fully saturated rings. The fraction of sp³-hybridized carbons (Fsp3) is 0.294. The molecule has 0 saturated heterocycles. The molecule has 8 heteroatoms. The van der Waals surface area contributed by atoms with Gasteiger partial charge in [0.15, 0.2) is 0 Å². The van der Waals surface area contributed by atoms with Crippen molar-refractivity contribution in [1.29, 1.82) is 0 Å². The maximum absolute atomic E-state index is 12.7. The number of rotatable bonds is 8. The zero-order valence-corrected chi connectivity index (χ0v) is 24.6. The number of nitrogens with zero attached hydrogens (tertiary/aromatic N) is 1. The van der Waals surface area contributed by atoms with E-state index in [1.807, 2.05) is 37.3 Å². The van der Waals surface area contributed by atoms with Gasteiger partial charge in [-0.05, 0) is 118 Å². The zero-order chi connectivity index (χ0) is 29.8. The van der Waals surface area contributed by atoms with E-state index in [1.165, 1.54) is 29.3 Å². The first-order chi connectivity index (χ1) is 20.3. The number of ether oxygens (including phenoxy) is 2. The lowest BCUT2D eigenvalue weighted by Gasteiger charge is -2.10. The second-order valence-electron chi connectivity index (χ2n) is 10.7. The minimum Gasteiger partial charge on any atom is -0.493 e. The maximum Gasteiger partial charge on any atom is 0.354 e. The van der Waals surface area contributed by atoms with Gasteiger partial charge >= 0.3 is 5.97 Å². The van der Waals surface area contributed by atoms with Crippen molar-refractivity contribution in [2.75, 3.05) is 24.3 Å². The Hall–Kier alpha value is -4.72. The Morgan fingerprint density at radius 2 is 1.74 bits per heavy atom. The van der Waals surface area contributed by atoms with Crippen LogP contribution in [0, 0.1) is 19.8 Å². The number of H-pyrrole nitrogens is 1. The number of aromatic nitrogens is 2. The number of nitrogens with one attached hydrogen (secondary N) is 2. The number of amides is 1. The molecule has 1 aliphatic carbocycles. The van der Waals surface area contributed by atoms with Crippen LogP contribution in [0.25, 0.3) is 21.8 Å². The van der Waals surface area contributed by atoms with E-state index in [-0.39, 0.29) is 5.91 Å². The lowest BCUT2D eigenvalue weighted by molar-refractivity contribution is 0.0520. The first-order valence-corrected chi connectivity index (χ1v) is 14.5. The molecular weight excluding hydrogens is 528 g/mol. The Morgan fingerprint density at radius 1 is 0.976 bits per heavy atom. The number of nitrogen functional groups attached to an aromatic ring is 1. The number of fused-ring (bicyclic) bond motifs is 2. The van der Waals surface area contributed by atoms with Crippen LogP contribution in [0.2, 0.25) is 0 Å². The molecular formula is C34H38N4O4. The van der Waals surface area contributed by atoms with Crippen molar-refractivity contribution < 1.29 is 19.1 Å². The minimum absolute atomic E-state index is 0.192. The lowest BCUT2D eigenvalue weighted by Crippen LogP contribution is -2.12. The van der Waals surface area contributed by atoms with E-state index >= 15 is 0 Å². The topological polar surface area (TPSA) is 111 Å². The van der Waals surface area contributed by atoms with Gasteiger partial charge in [0.1, 0.15) is 11.4 Å². The van der Waals surface area contributed by atoms with Crippen LogP contribution >= 0.6 is 0 Å². The van der Waals surface area contributed by atoms with Crippen molar-refractivity contribution >= 4 is 45.1 Å². The normalized spacial score (nSPS) is 12.6. The van der Waals surface area contributed by atoms with E-state index < -0.39 is 5.97 Å². The molecule has 4 N–H and O–H groups in total. The van der Waals surface area contributed by atoms with Gasteiger partial charge in [-0.15, -0.1) is 0 Å². The molecule has 2 heterocycles. The predicted octanol–water partition coefficient (Wildman–Crippen LogP) is 7.25. The van der Waals surface area contributed by atoms with Crippen LogP contribution in [0.4, 0.5) is 11.4 Å². The third kappa shape index (κ3) is 6.28. The molecule has 0 unspecified atom stereocenters. The monoisotopic (exact) mass is 566 g/mol. The van der Waals surface area contributed by atoms with Crippen LogP contribution in [0.15, 0.2) is 66.9 Å². The quantitative estimate of drug-likeness (QED) is 0.135. The highest BCUT2D eigenvalue weighted by Gasteiger charge is 2.22. The van der Waals surface area contributed by atoms with Crippen molar-refractivity contribution in [3.8, 4) is 5.75 Å². The van der Waals surface area contributed by atoms with Crippen molar-refractivity contribution in [3.05, 3.63) is 89.2 Å². The van der Waals surface area contributed by atoms with Gasteiger partial charge < -0.3 is 30.1 Å².